The maximum absolute atomic E-state index is 14.6. The van der Waals surface area contributed by atoms with Gasteiger partial charge in [0.15, 0.2) is 41.1 Å². The molecule has 8 heteroatoms. The van der Waals surface area contributed by atoms with Gasteiger partial charge in [0, 0.05) is 11.5 Å². The van der Waals surface area contributed by atoms with E-state index >= 15 is 0 Å². The molecule has 1 aliphatic rings. The Morgan fingerprint density at radius 1 is 0.778 bits per heavy atom. The molecule has 192 valence electrons. The molecule has 0 aromatic heterocycles. The molecule has 0 radical (unpaired) electrons. The minimum Gasteiger partial charge on any atom is -0.483 e. The van der Waals surface area contributed by atoms with Crippen LogP contribution in [0.4, 0.5) is 22.0 Å². The Morgan fingerprint density at radius 2 is 1.39 bits per heavy atom. The maximum Gasteiger partial charge on any atom is 0.194 e. The molecule has 0 saturated carbocycles. The highest BCUT2D eigenvalue weighted by Gasteiger charge is 2.23. The lowest BCUT2D eigenvalue weighted by Crippen LogP contribution is -2.27. The molecule has 3 nitrogen and oxygen atoms in total. The van der Waals surface area contributed by atoms with Crippen molar-refractivity contribution in [3.05, 3.63) is 88.7 Å². The smallest absolute Gasteiger partial charge is 0.194 e. The zero-order valence-electron chi connectivity index (χ0n) is 19.8. The summed E-state index contributed by atoms with van der Waals surface area (Å²) in [5.74, 6) is -6.72. The molecule has 0 spiro atoms. The largest absolute Gasteiger partial charge is 0.483 e. The van der Waals surface area contributed by atoms with E-state index in [4.69, 9.17) is 14.2 Å². The van der Waals surface area contributed by atoms with Gasteiger partial charge in [-0.1, -0.05) is 50.5 Å². The van der Waals surface area contributed by atoms with Gasteiger partial charge in [-0.3, -0.25) is 0 Å². The van der Waals surface area contributed by atoms with Crippen LogP contribution in [0.25, 0.3) is 11.1 Å². The quantitative estimate of drug-likeness (QED) is 0.168. The normalized spacial score (nSPS) is 17.8. The third kappa shape index (κ3) is 6.23. The van der Waals surface area contributed by atoms with Gasteiger partial charge in [-0.15, -0.1) is 0 Å². The van der Waals surface area contributed by atoms with Gasteiger partial charge in [-0.2, -0.15) is 0 Å². The SMILES string of the molecule is CCCCCC1COC(c2ccc(-c3cc(F)c(OCc4cc(F)c(F)c(F)c4)c(F)c3)cc2)OC1. The van der Waals surface area contributed by atoms with Crippen LogP contribution < -0.4 is 4.74 Å². The van der Waals surface area contributed by atoms with E-state index in [9.17, 15) is 22.0 Å². The molecule has 1 saturated heterocycles. The minimum absolute atomic E-state index is 0.107. The topological polar surface area (TPSA) is 27.7 Å². The van der Waals surface area contributed by atoms with Crippen LogP contribution in [0.1, 0.15) is 50.0 Å². The summed E-state index contributed by atoms with van der Waals surface area (Å²) in [5.41, 5.74) is 1.55. The summed E-state index contributed by atoms with van der Waals surface area (Å²) < 4.78 is 85.9. The summed E-state index contributed by atoms with van der Waals surface area (Å²) >= 11 is 0. The summed E-state index contributed by atoms with van der Waals surface area (Å²) in [6.45, 7) is 2.88. The lowest BCUT2D eigenvalue weighted by molar-refractivity contribution is -0.206. The molecule has 0 bridgehead atoms. The van der Waals surface area contributed by atoms with Gasteiger partial charge in [0.1, 0.15) is 6.61 Å². The van der Waals surface area contributed by atoms with Crippen LogP contribution in [0.3, 0.4) is 0 Å². The number of hydrogen-bond donors (Lipinski definition) is 0. The van der Waals surface area contributed by atoms with Gasteiger partial charge in [0.2, 0.25) is 0 Å². The second kappa shape index (κ2) is 11.8. The van der Waals surface area contributed by atoms with E-state index in [0.717, 1.165) is 30.5 Å². The molecule has 0 aliphatic carbocycles. The average molecular weight is 507 g/mol. The molecule has 36 heavy (non-hydrogen) atoms. The van der Waals surface area contributed by atoms with Crippen LogP contribution >= 0.6 is 0 Å². The summed E-state index contributed by atoms with van der Waals surface area (Å²) in [7, 11) is 0. The van der Waals surface area contributed by atoms with Gasteiger partial charge in [-0.05, 0) is 47.4 Å². The van der Waals surface area contributed by atoms with Crippen molar-refractivity contribution >= 4 is 0 Å². The van der Waals surface area contributed by atoms with Crippen molar-refractivity contribution in [1.29, 1.82) is 0 Å². The van der Waals surface area contributed by atoms with Gasteiger partial charge >= 0.3 is 0 Å². The van der Waals surface area contributed by atoms with Crippen molar-refractivity contribution < 1.29 is 36.2 Å². The molecule has 3 aromatic carbocycles. The van der Waals surface area contributed by atoms with Crippen LogP contribution in [-0.4, -0.2) is 13.2 Å². The molecule has 0 amide bonds. The molecule has 1 aliphatic heterocycles. The Kier molecular flexibility index (Phi) is 8.59. The molecular weight excluding hydrogens is 479 g/mol. The summed E-state index contributed by atoms with van der Waals surface area (Å²) in [5, 5.41) is 0. The highest BCUT2D eigenvalue weighted by Crippen LogP contribution is 2.32. The molecule has 0 N–H and O–H groups in total. The van der Waals surface area contributed by atoms with Crippen LogP contribution in [0.5, 0.6) is 5.75 Å². The second-order valence-electron chi connectivity index (χ2n) is 8.91. The maximum atomic E-state index is 14.6. The van der Waals surface area contributed by atoms with Crippen LogP contribution in [0.2, 0.25) is 0 Å². The summed E-state index contributed by atoms with van der Waals surface area (Å²) in [6, 6.07) is 10.6. The Hall–Kier alpha value is -2.97. The number of rotatable bonds is 9. The van der Waals surface area contributed by atoms with Gasteiger partial charge in [0.05, 0.1) is 13.2 Å². The first-order valence-corrected chi connectivity index (χ1v) is 11.9. The van der Waals surface area contributed by atoms with Crippen LogP contribution in [0, 0.1) is 35.0 Å². The predicted octanol–water partition coefficient (Wildman–Crippen LogP) is 7.87. The third-order valence-corrected chi connectivity index (χ3v) is 6.12. The first-order chi connectivity index (χ1) is 17.4. The minimum atomic E-state index is -1.63. The molecule has 1 fully saturated rings. The van der Waals surface area contributed by atoms with Crippen molar-refractivity contribution in [3.8, 4) is 16.9 Å². The lowest BCUT2D eigenvalue weighted by Gasteiger charge is -2.29. The van der Waals surface area contributed by atoms with E-state index in [2.05, 4.69) is 6.92 Å². The van der Waals surface area contributed by atoms with E-state index in [1.165, 1.54) is 12.8 Å². The molecule has 1 heterocycles. The zero-order chi connectivity index (χ0) is 25.7. The predicted molar refractivity (Wildman–Crippen MR) is 125 cm³/mol. The standard InChI is InChI=1S/C28H27F5O3/c1-2-3-4-5-17-14-35-28(36-15-17)20-8-6-19(7-9-20)21-12-24(31)27(25(32)13-21)34-16-18-10-22(29)26(33)23(30)11-18/h6-13,17,28H,2-5,14-16H2,1H3. The third-order valence-electron chi connectivity index (χ3n) is 6.12. The van der Waals surface area contributed by atoms with Crippen molar-refractivity contribution in [2.45, 2.75) is 45.5 Å². The molecule has 0 unspecified atom stereocenters. The first-order valence-electron chi connectivity index (χ1n) is 11.9. The fourth-order valence-corrected chi connectivity index (χ4v) is 4.13. The van der Waals surface area contributed by atoms with E-state index < -0.39 is 47.7 Å². The monoisotopic (exact) mass is 506 g/mol. The van der Waals surface area contributed by atoms with Crippen LogP contribution in [-0.2, 0) is 16.1 Å². The number of hydrogen-bond acceptors (Lipinski definition) is 3. The van der Waals surface area contributed by atoms with E-state index in [-0.39, 0.29) is 11.1 Å². The average Bonchev–Trinajstić information content (AvgIpc) is 2.87. The molecule has 4 rings (SSSR count). The lowest BCUT2D eigenvalue weighted by atomic mass is 10.0. The van der Waals surface area contributed by atoms with Crippen LogP contribution in [0.15, 0.2) is 48.5 Å². The number of ether oxygens (including phenoxy) is 3. The van der Waals surface area contributed by atoms with Crippen molar-refractivity contribution in [3.63, 3.8) is 0 Å². The van der Waals surface area contributed by atoms with E-state index in [1.54, 1.807) is 24.3 Å². The fourth-order valence-electron chi connectivity index (χ4n) is 4.13. The summed E-state index contributed by atoms with van der Waals surface area (Å²) in [6.07, 6.45) is 4.13. The van der Waals surface area contributed by atoms with Gasteiger partial charge in [-0.25, -0.2) is 22.0 Å². The number of benzene rings is 3. The Labute approximate surface area is 206 Å². The molecular formula is C28H27F5O3. The van der Waals surface area contributed by atoms with E-state index in [1.807, 2.05) is 0 Å². The van der Waals surface area contributed by atoms with Crippen molar-refractivity contribution in [2.75, 3.05) is 13.2 Å². The Bertz CT molecular complexity index is 1130. The Balaban J connectivity index is 1.39. The Morgan fingerprint density at radius 3 is 1.97 bits per heavy atom. The highest BCUT2D eigenvalue weighted by atomic mass is 19.2. The molecule has 3 aromatic rings. The molecule has 0 atom stereocenters. The van der Waals surface area contributed by atoms with E-state index in [0.29, 0.717) is 36.8 Å². The zero-order valence-corrected chi connectivity index (χ0v) is 19.8. The van der Waals surface area contributed by atoms with Gasteiger partial charge in [0.25, 0.3) is 0 Å². The van der Waals surface area contributed by atoms with Gasteiger partial charge < -0.3 is 14.2 Å². The first kappa shape index (κ1) is 26.1. The van der Waals surface area contributed by atoms with Crippen molar-refractivity contribution in [1.82, 2.24) is 0 Å². The number of unbranched alkanes of at least 4 members (excludes halogenated alkanes) is 2. The highest BCUT2D eigenvalue weighted by molar-refractivity contribution is 5.65. The van der Waals surface area contributed by atoms with Crippen molar-refractivity contribution in [2.24, 2.45) is 5.92 Å². The summed E-state index contributed by atoms with van der Waals surface area (Å²) in [4.78, 5) is 0. The fraction of sp³-hybridized carbons (Fsp3) is 0.357. The second-order valence-corrected chi connectivity index (χ2v) is 8.91. The number of halogens is 5.